The van der Waals surface area contributed by atoms with E-state index in [0.717, 1.165) is 24.4 Å². The van der Waals surface area contributed by atoms with Gasteiger partial charge in [0.05, 0.1) is 6.10 Å². The maximum absolute atomic E-state index is 12.7. The van der Waals surface area contributed by atoms with Crippen molar-refractivity contribution in [1.82, 2.24) is 4.90 Å². The molecule has 0 unspecified atom stereocenters. The first-order chi connectivity index (χ1) is 13.4. The molecule has 1 aliphatic heterocycles. The Balaban J connectivity index is 1.61. The number of carbonyl (C=O) groups excluding carboxylic acids is 2. The molecule has 0 saturated carbocycles. The summed E-state index contributed by atoms with van der Waals surface area (Å²) in [6, 6.07) is 15.7. The normalized spacial score (nSPS) is 13.2. The SMILES string of the molecule is CC(=O)N(CCC(=O)N1CCc2ccccc2C1)c1ccc(OC(C)C)cc1. The third-order valence-electron chi connectivity index (χ3n) is 4.93. The highest BCUT2D eigenvalue weighted by Gasteiger charge is 2.21. The Bertz CT molecular complexity index is 830. The predicted molar refractivity (Wildman–Crippen MR) is 110 cm³/mol. The number of ether oxygens (including phenoxy) is 1. The minimum Gasteiger partial charge on any atom is -0.491 e. The molecule has 5 heteroatoms. The van der Waals surface area contributed by atoms with E-state index in [9.17, 15) is 9.59 Å². The first-order valence-corrected chi connectivity index (χ1v) is 9.83. The predicted octanol–water partition coefficient (Wildman–Crippen LogP) is 3.80. The Morgan fingerprint density at radius 3 is 2.39 bits per heavy atom. The third-order valence-corrected chi connectivity index (χ3v) is 4.93. The third kappa shape index (κ3) is 4.91. The molecule has 2 aromatic carbocycles. The van der Waals surface area contributed by atoms with Crippen LogP contribution in [0.15, 0.2) is 48.5 Å². The van der Waals surface area contributed by atoms with Crippen molar-refractivity contribution in [2.75, 3.05) is 18.0 Å². The number of hydrogen-bond donors (Lipinski definition) is 0. The van der Waals surface area contributed by atoms with Gasteiger partial charge in [0.15, 0.2) is 0 Å². The number of nitrogens with zero attached hydrogens (tertiary/aromatic N) is 2. The number of carbonyl (C=O) groups is 2. The summed E-state index contributed by atoms with van der Waals surface area (Å²) in [6.45, 7) is 7.23. The second-order valence-electron chi connectivity index (χ2n) is 7.42. The quantitative estimate of drug-likeness (QED) is 0.766. The van der Waals surface area contributed by atoms with Crippen LogP contribution in [-0.2, 0) is 22.6 Å². The minimum atomic E-state index is -0.0747. The number of amides is 2. The Labute approximate surface area is 166 Å². The average molecular weight is 380 g/mol. The second kappa shape index (κ2) is 8.91. The van der Waals surface area contributed by atoms with Crippen molar-refractivity contribution in [3.05, 3.63) is 59.7 Å². The molecule has 5 nitrogen and oxygen atoms in total. The monoisotopic (exact) mass is 380 g/mol. The molecule has 1 aliphatic rings. The van der Waals surface area contributed by atoms with Gasteiger partial charge in [-0.15, -0.1) is 0 Å². The van der Waals surface area contributed by atoms with Crippen LogP contribution >= 0.6 is 0 Å². The highest BCUT2D eigenvalue weighted by molar-refractivity contribution is 5.92. The van der Waals surface area contributed by atoms with Crippen molar-refractivity contribution in [3.63, 3.8) is 0 Å². The largest absolute Gasteiger partial charge is 0.491 e. The zero-order valence-electron chi connectivity index (χ0n) is 16.9. The van der Waals surface area contributed by atoms with E-state index in [1.54, 1.807) is 4.90 Å². The molecule has 1 heterocycles. The van der Waals surface area contributed by atoms with Gasteiger partial charge >= 0.3 is 0 Å². The van der Waals surface area contributed by atoms with Gasteiger partial charge in [-0.05, 0) is 55.7 Å². The number of anilines is 1. The van der Waals surface area contributed by atoms with Crippen LogP contribution in [0, 0.1) is 0 Å². The Morgan fingerprint density at radius 2 is 1.75 bits per heavy atom. The zero-order chi connectivity index (χ0) is 20.1. The van der Waals surface area contributed by atoms with E-state index in [4.69, 9.17) is 4.74 Å². The molecule has 2 aromatic rings. The lowest BCUT2D eigenvalue weighted by Crippen LogP contribution is -2.39. The number of benzene rings is 2. The second-order valence-corrected chi connectivity index (χ2v) is 7.42. The number of hydrogen-bond acceptors (Lipinski definition) is 3. The van der Waals surface area contributed by atoms with Gasteiger partial charge in [-0.3, -0.25) is 9.59 Å². The average Bonchev–Trinajstić information content (AvgIpc) is 2.68. The molecule has 3 rings (SSSR count). The summed E-state index contributed by atoms with van der Waals surface area (Å²) in [5.74, 6) is 0.778. The van der Waals surface area contributed by atoms with Gasteiger partial charge < -0.3 is 14.5 Å². The molecule has 2 amide bonds. The van der Waals surface area contributed by atoms with Crippen LogP contribution in [0.4, 0.5) is 5.69 Å². The maximum Gasteiger partial charge on any atom is 0.224 e. The number of fused-ring (bicyclic) bond motifs is 1. The van der Waals surface area contributed by atoms with E-state index in [0.29, 0.717) is 19.5 Å². The topological polar surface area (TPSA) is 49.9 Å². The molecular weight excluding hydrogens is 352 g/mol. The fraction of sp³-hybridized carbons (Fsp3) is 0.391. The Hall–Kier alpha value is -2.82. The molecule has 28 heavy (non-hydrogen) atoms. The van der Waals surface area contributed by atoms with Gasteiger partial charge in [0, 0.05) is 38.7 Å². The van der Waals surface area contributed by atoms with Crippen molar-refractivity contribution in [2.45, 2.75) is 46.3 Å². The number of rotatable bonds is 6. The summed E-state index contributed by atoms with van der Waals surface area (Å²) in [5.41, 5.74) is 3.31. The van der Waals surface area contributed by atoms with E-state index in [1.807, 2.05) is 55.1 Å². The summed E-state index contributed by atoms with van der Waals surface area (Å²) < 4.78 is 5.65. The lowest BCUT2D eigenvalue weighted by Gasteiger charge is -2.30. The molecule has 148 valence electrons. The molecule has 0 bridgehead atoms. The van der Waals surface area contributed by atoms with E-state index in [2.05, 4.69) is 12.1 Å². The lowest BCUT2D eigenvalue weighted by atomic mass is 10.00. The molecule has 0 spiro atoms. The molecule has 0 N–H and O–H groups in total. The molecule has 0 saturated heterocycles. The molecule has 0 radical (unpaired) electrons. The van der Waals surface area contributed by atoms with Crippen molar-refractivity contribution in [3.8, 4) is 5.75 Å². The standard InChI is InChI=1S/C23H28N2O3/c1-17(2)28-22-10-8-21(9-11-22)25(18(3)26)15-13-23(27)24-14-12-19-6-4-5-7-20(19)16-24/h4-11,17H,12-16H2,1-3H3. The molecule has 0 aliphatic carbocycles. The van der Waals surface area contributed by atoms with Gasteiger partial charge in [0.2, 0.25) is 11.8 Å². The van der Waals surface area contributed by atoms with Crippen LogP contribution < -0.4 is 9.64 Å². The van der Waals surface area contributed by atoms with E-state index >= 15 is 0 Å². The van der Waals surface area contributed by atoms with Gasteiger partial charge in [-0.25, -0.2) is 0 Å². The van der Waals surface area contributed by atoms with Gasteiger partial charge in [0.1, 0.15) is 5.75 Å². The van der Waals surface area contributed by atoms with Crippen molar-refractivity contribution >= 4 is 17.5 Å². The lowest BCUT2D eigenvalue weighted by molar-refractivity contribution is -0.131. The molecular formula is C23H28N2O3. The van der Waals surface area contributed by atoms with Crippen molar-refractivity contribution < 1.29 is 14.3 Å². The smallest absolute Gasteiger partial charge is 0.224 e. The van der Waals surface area contributed by atoms with E-state index < -0.39 is 0 Å². The van der Waals surface area contributed by atoms with Crippen molar-refractivity contribution in [1.29, 1.82) is 0 Å². The summed E-state index contributed by atoms with van der Waals surface area (Å²) in [6.07, 6.45) is 1.30. The van der Waals surface area contributed by atoms with Crippen LogP contribution in [0.2, 0.25) is 0 Å². The highest BCUT2D eigenvalue weighted by atomic mass is 16.5. The van der Waals surface area contributed by atoms with Crippen LogP contribution in [0.5, 0.6) is 5.75 Å². The first-order valence-electron chi connectivity index (χ1n) is 9.83. The zero-order valence-corrected chi connectivity index (χ0v) is 16.9. The maximum atomic E-state index is 12.7. The fourth-order valence-corrected chi connectivity index (χ4v) is 3.52. The minimum absolute atomic E-state index is 0.0747. The summed E-state index contributed by atoms with van der Waals surface area (Å²) in [4.78, 5) is 28.4. The van der Waals surface area contributed by atoms with Gasteiger partial charge in [-0.2, -0.15) is 0 Å². The summed E-state index contributed by atoms with van der Waals surface area (Å²) >= 11 is 0. The van der Waals surface area contributed by atoms with Gasteiger partial charge in [0.25, 0.3) is 0 Å². The van der Waals surface area contributed by atoms with Gasteiger partial charge in [-0.1, -0.05) is 24.3 Å². The van der Waals surface area contributed by atoms with Crippen LogP contribution in [-0.4, -0.2) is 35.9 Å². The Kier molecular flexibility index (Phi) is 6.34. The molecule has 0 aromatic heterocycles. The fourth-order valence-electron chi connectivity index (χ4n) is 3.52. The van der Waals surface area contributed by atoms with Crippen LogP contribution in [0.1, 0.15) is 38.3 Å². The van der Waals surface area contributed by atoms with Crippen molar-refractivity contribution in [2.24, 2.45) is 0 Å². The van der Waals surface area contributed by atoms with Crippen LogP contribution in [0.3, 0.4) is 0 Å². The molecule has 0 atom stereocenters. The van der Waals surface area contributed by atoms with E-state index in [1.165, 1.54) is 18.1 Å². The van der Waals surface area contributed by atoms with Crippen LogP contribution in [0.25, 0.3) is 0 Å². The highest BCUT2D eigenvalue weighted by Crippen LogP contribution is 2.22. The summed E-state index contributed by atoms with van der Waals surface area (Å²) in [5, 5.41) is 0. The Morgan fingerprint density at radius 1 is 1.07 bits per heavy atom. The molecule has 0 fully saturated rings. The summed E-state index contributed by atoms with van der Waals surface area (Å²) in [7, 11) is 0. The first kappa shape index (κ1) is 19.9. The van der Waals surface area contributed by atoms with E-state index in [-0.39, 0.29) is 17.9 Å².